The highest BCUT2D eigenvalue weighted by Gasteiger charge is 2.44. The number of hydrogen-bond donors (Lipinski definition) is 6. The van der Waals surface area contributed by atoms with Gasteiger partial charge in [-0.25, -0.2) is 9.18 Å². The fraction of sp³-hybridized carbons (Fsp3) is 0.923. The summed E-state index contributed by atoms with van der Waals surface area (Å²) >= 11 is 0. The molecule has 4 aliphatic rings. The third-order valence-electron chi connectivity index (χ3n) is 8.38. The summed E-state index contributed by atoms with van der Waals surface area (Å²) in [6.45, 7) is 10.5. The lowest BCUT2D eigenvalue weighted by Gasteiger charge is -2.50. The SMILES string of the molecule is COC1C(NC2NC(N3CCN(C(=O)OC(C)(C)C)CC3C)NCC2C(N)=O)CCCC1C1NCC(F)CN1. The van der Waals surface area contributed by atoms with E-state index >= 15 is 0 Å². The molecule has 1 saturated carbocycles. The lowest BCUT2D eigenvalue weighted by molar-refractivity contribution is -0.125. The second-order valence-electron chi connectivity index (χ2n) is 12.4. The van der Waals surface area contributed by atoms with Crippen molar-refractivity contribution in [1.82, 2.24) is 36.4 Å². The van der Waals surface area contributed by atoms with E-state index in [1.807, 2.05) is 20.8 Å². The van der Waals surface area contributed by atoms with Crippen molar-refractivity contribution in [1.29, 1.82) is 0 Å². The number of primary amides is 1. The van der Waals surface area contributed by atoms with Gasteiger partial charge in [-0.15, -0.1) is 0 Å². The van der Waals surface area contributed by atoms with E-state index in [1.54, 1.807) is 12.0 Å². The van der Waals surface area contributed by atoms with Crippen LogP contribution in [0.25, 0.3) is 0 Å². The maximum atomic E-state index is 13.7. The zero-order valence-electron chi connectivity index (χ0n) is 24.0. The Morgan fingerprint density at radius 1 is 1.08 bits per heavy atom. The number of nitrogens with zero attached hydrogens (tertiary/aromatic N) is 2. The van der Waals surface area contributed by atoms with Crippen LogP contribution in [-0.4, -0.2) is 117 Å². The number of ether oxygens (including phenoxy) is 2. The lowest BCUT2D eigenvalue weighted by Crippen LogP contribution is -2.74. The number of piperazine rings is 1. The van der Waals surface area contributed by atoms with Crippen LogP contribution in [0.3, 0.4) is 0 Å². The van der Waals surface area contributed by atoms with E-state index in [0.717, 1.165) is 19.3 Å². The molecule has 1 aliphatic carbocycles. The molecule has 0 aromatic rings. The third-order valence-corrected chi connectivity index (χ3v) is 8.38. The number of nitrogens with one attached hydrogen (secondary N) is 5. The van der Waals surface area contributed by atoms with Crippen LogP contribution in [0, 0.1) is 11.8 Å². The fourth-order valence-electron chi connectivity index (χ4n) is 6.45. The van der Waals surface area contributed by atoms with Gasteiger partial charge in [-0.2, -0.15) is 0 Å². The first-order valence-electron chi connectivity index (χ1n) is 14.4. The highest BCUT2D eigenvalue weighted by atomic mass is 19.1. The zero-order valence-corrected chi connectivity index (χ0v) is 24.0. The van der Waals surface area contributed by atoms with Crippen molar-refractivity contribution in [2.75, 3.05) is 46.4 Å². The Kier molecular flexibility index (Phi) is 10.1. The minimum Gasteiger partial charge on any atom is -0.444 e. The van der Waals surface area contributed by atoms with Crippen LogP contribution in [0.5, 0.6) is 0 Å². The summed E-state index contributed by atoms with van der Waals surface area (Å²) < 4.78 is 25.3. The molecule has 13 heteroatoms. The molecule has 4 rings (SSSR count). The van der Waals surface area contributed by atoms with Crippen molar-refractivity contribution in [2.24, 2.45) is 17.6 Å². The number of hydrogen-bond acceptors (Lipinski definition) is 10. The second-order valence-corrected chi connectivity index (χ2v) is 12.4. The maximum Gasteiger partial charge on any atom is 0.410 e. The molecule has 0 bridgehead atoms. The summed E-state index contributed by atoms with van der Waals surface area (Å²) in [7, 11) is 1.72. The van der Waals surface area contributed by atoms with Gasteiger partial charge in [0.25, 0.3) is 0 Å². The Hall–Kier alpha value is -1.61. The standard InChI is InChI=1S/C26H49FN8O4/c1-15-14-34(25(37)39-26(2,3)4)9-10-35(15)24-31-13-18(21(28)36)23(33-24)32-19-8-6-7-17(20(19)38-5)22-29-11-16(27)12-30-22/h15-20,22-24,29-33H,6-14H2,1-5H3,(H2,28,36). The minimum absolute atomic E-state index is 0.00000998. The van der Waals surface area contributed by atoms with Crippen molar-refractivity contribution in [3.63, 3.8) is 0 Å². The average molecular weight is 557 g/mol. The molecule has 12 nitrogen and oxygen atoms in total. The Morgan fingerprint density at radius 3 is 2.41 bits per heavy atom. The van der Waals surface area contributed by atoms with Gasteiger partial charge in [0.05, 0.1) is 24.4 Å². The molecule has 4 fully saturated rings. The Balaban J connectivity index is 1.40. The van der Waals surface area contributed by atoms with Crippen molar-refractivity contribution < 1.29 is 23.5 Å². The van der Waals surface area contributed by atoms with Crippen LogP contribution in [0.4, 0.5) is 9.18 Å². The second kappa shape index (κ2) is 12.9. The molecule has 3 heterocycles. The van der Waals surface area contributed by atoms with Crippen LogP contribution < -0.4 is 32.3 Å². The number of nitrogens with two attached hydrogens (primary N) is 1. The number of alkyl halides is 1. The molecule has 39 heavy (non-hydrogen) atoms. The highest BCUT2D eigenvalue weighted by molar-refractivity contribution is 5.77. The number of carbonyl (C=O) groups is 2. The molecular weight excluding hydrogens is 507 g/mol. The van der Waals surface area contributed by atoms with E-state index in [9.17, 15) is 14.0 Å². The van der Waals surface area contributed by atoms with Crippen molar-refractivity contribution in [3.05, 3.63) is 0 Å². The van der Waals surface area contributed by atoms with Gasteiger partial charge in [-0.1, -0.05) is 6.42 Å². The highest BCUT2D eigenvalue weighted by Crippen LogP contribution is 2.30. The molecule has 0 aromatic heterocycles. The number of rotatable bonds is 6. The topological polar surface area (TPSA) is 145 Å². The largest absolute Gasteiger partial charge is 0.444 e. The first kappa shape index (κ1) is 30.4. The summed E-state index contributed by atoms with van der Waals surface area (Å²) in [5.41, 5.74) is 5.28. The Bertz CT molecular complexity index is 839. The third kappa shape index (κ3) is 7.57. The smallest absolute Gasteiger partial charge is 0.410 e. The van der Waals surface area contributed by atoms with Gasteiger partial charge in [-0.05, 0) is 40.5 Å². The first-order valence-corrected chi connectivity index (χ1v) is 14.4. The van der Waals surface area contributed by atoms with Gasteiger partial charge in [0.15, 0.2) is 0 Å². The van der Waals surface area contributed by atoms with E-state index < -0.39 is 17.7 Å². The fourth-order valence-corrected chi connectivity index (χ4v) is 6.45. The van der Waals surface area contributed by atoms with Crippen LogP contribution in [0.15, 0.2) is 0 Å². The van der Waals surface area contributed by atoms with Crippen LogP contribution in [0.2, 0.25) is 0 Å². The Morgan fingerprint density at radius 2 is 1.79 bits per heavy atom. The average Bonchev–Trinajstić information content (AvgIpc) is 2.88. The molecule has 0 aromatic carbocycles. The van der Waals surface area contributed by atoms with Gasteiger partial charge >= 0.3 is 6.09 Å². The molecule has 7 atom stereocenters. The van der Waals surface area contributed by atoms with Gasteiger partial charge in [0.1, 0.15) is 18.1 Å². The summed E-state index contributed by atoms with van der Waals surface area (Å²) in [4.78, 5) is 29.0. The van der Waals surface area contributed by atoms with Crippen molar-refractivity contribution >= 4 is 12.0 Å². The minimum atomic E-state index is -0.889. The van der Waals surface area contributed by atoms with E-state index in [2.05, 4.69) is 38.4 Å². The van der Waals surface area contributed by atoms with Gasteiger partial charge < -0.3 is 20.1 Å². The Labute approximate surface area is 231 Å². The molecule has 0 spiro atoms. The van der Waals surface area contributed by atoms with Gasteiger partial charge in [0.2, 0.25) is 5.91 Å². The molecular formula is C26H49FN8O4. The monoisotopic (exact) mass is 556 g/mol. The number of methoxy groups -OCH3 is 1. The summed E-state index contributed by atoms with van der Waals surface area (Å²) in [6, 6.07) is 0.0654. The molecule has 3 aliphatic heterocycles. The maximum absolute atomic E-state index is 13.7. The van der Waals surface area contributed by atoms with E-state index in [-0.39, 0.29) is 54.7 Å². The summed E-state index contributed by atoms with van der Waals surface area (Å²) in [6.07, 6.45) is 1.01. The number of carbonyl (C=O) groups excluding carboxylic acids is 2. The summed E-state index contributed by atoms with van der Waals surface area (Å²) in [5, 5.41) is 17.3. The predicted octanol–water partition coefficient (Wildman–Crippen LogP) is -0.538. The van der Waals surface area contributed by atoms with Crippen molar-refractivity contribution in [2.45, 2.75) is 95.5 Å². The molecule has 224 valence electrons. The first-order chi connectivity index (χ1) is 18.5. The zero-order chi connectivity index (χ0) is 28.3. The van der Waals surface area contributed by atoms with Crippen molar-refractivity contribution in [3.8, 4) is 0 Å². The van der Waals surface area contributed by atoms with Crippen LogP contribution in [-0.2, 0) is 14.3 Å². The van der Waals surface area contributed by atoms with Crippen LogP contribution >= 0.6 is 0 Å². The number of halogens is 1. The molecule has 0 radical (unpaired) electrons. The van der Waals surface area contributed by atoms with Gasteiger partial charge in [0, 0.05) is 64.4 Å². The summed E-state index contributed by atoms with van der Waals surface area (Å²) in [5.74, 6) is -0.658. The van der Waals surface area contributed by atoms with Gasteiger partial charge in [-0.3, -0.25) is 36.3 Å². The lowest BCUT2D eigenvalue weighted by atomic mass is 9.80. The molecule has 7 unspecified atom stereocenters. The molecule has 3 saturated heterocycles. The number of amides is 2. The van der Waals surface area contributed by atoms with E-state index in [4.69, 9.17) is 15.2 Å². The van der Waals surface area contributed by atoms with E-state index in [1.165, 1.54) is 0 Å². The molecule has 2 amide bonds. The van der Waals surface area contributed by atoms with Crippen LogP contribution in [0.1, 0.15) is 47.0 Å². The normalized spacial score (nSPS) is 38.8. The quantitative estimate of drug-likeness (QED) is 0.252. The van der Waals surface area contributed by atoms with E-state index in [0.29, 0.717) is 39.3 Å². The molecule has 7 N–H and O–H groups in total. The predicted molar refractivity (Wildman–Crippen MR) is 145 cm³/mol.